The van der Waals surface area contributed by atoms with E-state index in [1.807, 2.05) is 0 Å². The Hall–Kier alpha value is -1.47. The molecule has 1 N–H and O–H groups in total. The second-order valence-corrected chi connectivity index (χ2v) is 6.77. The molecule has 0 spiro atoms. The van der Waals surface area contributed by atoms with Crippen LogP contribution in [-0.4, -0.2) is 35.0 Å². The average Bonchev–Trinajstić information content (AvgIpc) is 2.43. The lowest BCUT2D eigenvalue weighted by Gasteiger charge is -2.15. The van der Waals surface area contributed by atoms with Crippen LogP contribution in [0.4, 0.5) is 0 Å². The number of hydrogen-bond donors (Lipinski definition) is 1. The zero-order valence-electron chi connectivity index (χ0n) is 12.4. The summed E-state index contributed by atoms with van der Waals surface area (Å²) in [6, 6.07) is 3.42. The van der Waals surface area contributed by atoms with Crippen molar-refractivity contribution in [2.24, 2.45) is 0 Å². The third-order valence-corrected chi connectivity index (χ3v) is 4.61. The van der Waals surface area contributed by atoms with Gasteiger partial charge in [-0.2, -0.15) is 0 Å². The summed E-state index contributed by atoms with van der Waals surface area (Å²) in [5.74, 6) is 1.46. The highest BCUT2D eigenvalue weighted by Crippen LogP contribution is 2.38. The maximum Gasteiger partial charge on any atom is 0.214 e. The summed E-state index contributed by atoms with van der Waals surface area (Å²) in [4.78, 5) is 0. The van der Waals surface area contributed by atoms with Crippen molar-refractivity contribution in [3.05, 3.63) is 17.7 Å². The molecule has 0 aromatic heterocycles. The highest BCUT2D eigenvalue weighted by Gasteiger charge is 2.17. The Morgan fingerprint density at radius 3 is 1.90 bits per heavy atom. The molecule has 0 aliphatic rings. The third kappa shape index (κ3) is 3.77. The summed E-state index contributed by atoms with van der Waals surface area (Å²) < 4.78 is 41.7. The molecule has 7 heteroatoms. The maximum atomic E-state index is 11.7. The molecule has 0 fully saturated rings. The first kappa shape index (κ1) is 16.6. The lowest BCUT2D eigenvalue weighted by Crippen LogP contribution is -2.30. The van der Waals surface area contributed by atoms with Gasteiger partial charge in [0.25, 0.3) is 0 Å². The Labute approximate surface area is 120 Å². The highest BCUT2D eigenvalue weighted by atomic mass is 32.2. The molecule has 0 bridgehead atoms. The Balaban J connectivity index is 3.03. The molecule has 1 aromatic carbocycles. The van der Waals surface area contributed by atoms with Crippen molar-refractivity contribution in [1.82, 2.24) is 4.72 Å². The summed E-state index contributed by atoms with van der Waals surface area (Å²) >= 11 is 0. The van der Waals surface area contributed by atoms with Crippen molar-refractivity contribution in [2.75, 3.05) is 21.3 Å². The van der Waals surface area contributed by atoms with Crippen LogP contribution in [0, 0.1) is 0 Å². The van der Waals surface area contributed by atoms with Crippen LogP contribution in [0.15, 0.2) is 12.1 Å². The van der Waals surface area contributed by atoms with Crippen LogP contribution in [0.2, 0.25) is 0 Å². The van der Waals surface area contributed by atoms with Crippen LogP contribution in [0.5, 0.6) is 17.2 Å². The summed E-state index contributed by atoms with van der Waals surface area (Å²) in [6.07, 6.45) is 0. The van der Waals surface area contributed by atoms with E-state index in [-0.39, 0.29) is 6.54 Å². The fourth-order valence-corrected chi connectivity index (χ4v) is 2.29. The molecule has 0 amide bonds. The molecule has 114 valence electrons. The average molecular weight is 303 g/mol. The van der Waals surface area contributed by atoms with Gasteiger partial charge in [0.05, 0.1) is 26.6 Å². The normalized spacial score (nSPS) is 11.5. The highest BCUT2D eigenvalue weighted by molar-refractivity contribution is 7.90. The summed E-state index contributed by atoms with van der Waals surface area (Å²) in [5, 5.41) is -0.482. The Morgan fingerprint density at radius 1 is 1.05 bits per heavy atom. The smallest absolute Gasteiger partial charge is 0.214 e. The number of sulfonamides is 1. The SMILES string of the molecule is COc1cc(CNS(=O)(=O)C(C)C)cc(OC)c1OC. The Bertz CT molecular complexity index is 529. The Morgan fingerprint density at radius 2 is 1.55 bits per heavy atom. The first-order valence-electron chi connectivity index (χ1n) is 6.13. The minimum atomic E-state index is -3.31. The molecule has 0 saturated heterocycles. The van der Waals surface area contributed by atoms with E-state index in [0.717, 1.165) is 5.56 Å². The van der Waals surface area contributed by atoms with Crippen LogP contribution >= 0.6 is 0 Å². The third-order valence-electron chi connectivity index (χ3n) is 2.82. The molecule has 0 aliphatic carbocycles. The molecule has 0 radical (unpaired) electrons. The van der Waals surface area contributed by atoms with Gasteiger partial charge in [-0.1, -0.05) is 0 Å². The topological polar surface area (TPSA) is 73.9 Å². The van der Waals surface area contributed by atoms with E-state index in [9.17, 15) is 8.42 Å². The molecule has 1 rings (SSSR count). The number of ether oxygens (including phenoxy) is 3. The molecule has 0 atom stereocenters. The summed E-state index contributed by atoms with van der Waals surface area (Å²) in [6.45, 7) is 3.41. The van der Waals surface area contributed by atoms with Crippen LogP contribution in [-0.2, 0) is 16.6 Å². The van der Waals surface area contributed by atoms with Gasteiger partial charge in [-0.15, -0.1) is 0 Å². The molecule has 6 nitrogen and oxygen atoms in total. The van der Waals surface area contributed by atoms with Crippen molar-refractivity contribution in [1.29, 1.82) is 0 Å². The number of rotatable bonds is 7. The van der Waals surface area contributed by atoms with Crippen molar-refractivity contribution in [3.8, 4) is 17.2 Å². The lowest BCUT2D eigenvalue weighted by molar-refractivity contribution is 0.323. The van der Waals surface area contributed by atoms with Gasteiger partial charge in [0.15, 0.2) is 11.5 Å². The first-order valence-corrected chi connectivity index (χ1v) is 7.67. The van der Waals surface area contributed by atoms with Crippen molar-refractivity contribution in [3.63, 3.8) is 0 Å². The predicted molar refractivity (Wildman–Crippen MR) is 77.0 cm³/mol. The zero-order chi connectivity index (χ0) is 15.3. The van der Waals surface area contributed by atoms with E-state index in [2.05, 4.69) is 4.72 Å². The van der Waals surface area contributed by atoms with Crippen molar-refractivity contribution in [2.45, 2.75) is 25.6 Å². The van der Waals surface area contributed by atoms with E-state index >= 15 is 0 Å². The van der Waals surface area contributed by atoms with Gasteiger partial charge in [0, 0.05) is 6.54 Å². The molecule has 0 saturated carbocycles. The fourth-order valence-electron chi connectivity index (χ4n) is 1.59. The van der Waals surface area contributed by atoms with E-state index in [4.69, 9.17) is 14.2 Å². The predicted octanol–water partition coefficient (Wildman–Crippen LogP) is 1.54. The number of benzene rings is 1. The molecule has 0 aliphatic heterocycles. The molecular formula is C13H21NO5S. The van der Waals surface area contributed by atoms with Gasteiger partial charge >= 0.3 is 0 Å². The second kappa shape index (κ2) is 6.81. The minimum absolute atomic E-state index is 0.164. The summed E-state index contributed by atoms with van der Waals surface area (Å²) in [5.41, 5.74) is 0.726. The van der Waals surface area contributed by atoms with Crippen LogP contribution in [0.25, 0.3) is 0 Å². The standard InChI is InChI=1S/C13H21NO5S/c1-9(2)20(15,16)14-8-10-6-11(17-3)13(19-5)12(7-10)18-4/h6-7,9,14H,8H2,1-5H3. The van der Waals surface area contributed by atoms with Gasteiger partial charge in [-0.3, -0.25) is 0 Å². The zero-order valence-corrected chi connectivity index (χ0v) is 13.2. The van der Waals surface area contributed by atoms with Crippen molar-refractivity contribution < 1.29 is 22.6 Å². The number of nitrogens with one attached hydrogen (secondary N) is 1. The molecular weight excluding hydrogens is 282 g/mol. The van der Waals surface area contributed by atoms with Gasteiger partial charge in [0.1, 0.15) is 0 Å². The maximum absolute atomic E-state index is 11.7. The molecule has 20 heavy (non-hydrogen) atoms. The molecule has 0 heterocycles. The fraction of sp³-hybridized carbons (Fsp3) is 0.538. The van der Waals surface area contributed by atoms with Crippen LogP contribution < -0.4 is 18.9 Å². The lowest BCUT2D eigenvalue weighted by atomic mass is 10.2. The largest absolute Gasteiger partial charge is 0.493 e. The van der Waals surface area contributed by atoms with Crippen LogP contribution in [0.3, 0.4) is 0 Å². The van der Waals surface area contributed by atoms with E-state index in [1.165, 1.54) is 21.3 Å². The second-order valence-electron chi connectivity index (χ2n) is 4.45. The van der Waals surface area contributed by atoms with Gasteiger partial charge in [0.2, 0.25) is 15.8 Å². The molecule has 0 unspecified atom stereocenters. The van der Waals surface area contributed by atoms with Crippen molar-refractivity contribution >= 4 is 10.0 Å². The Kier molecular flexibility index (Phi) is 5.64. The van der Waals surface area contributed by atoms with E-state index in [1.54, 1.807) is 26.0 Å². The monoisotopic (exact) mass is 303 g/mol. The minimum Gasteiger partial charge on any atom is -0.493 e. The summed E-state index contributed by atoms with van der Waals surface area (Å²) in [7, 11) is 1.23. The quantitative estimate of drug-likeness (QED) is 0.827. The molecule has 1 aromatic rings. The van der Waals surface area contributed by atoms with Crippen LogP contribution in [0.1, 0.15) is 19.4 Å². The van der Waals surface area contributed by atoms with E-state index in [0.29, 0.717) is 17.2 Å². The number of hydrogen-bond acceptors (Lipinski definition) is 5. The number of methoxy groups -OCH3 is 3. The first-order chi connectivity index (χ1) is 9.35. The van der Waals surface area contributed by atoms with Gasteiger partial charge in [-0.25, -0.2) is 13.1 Å². The van der Waals surface area contributed by atoms with Gasteiger partial charge in [-0.05, 0) is 31.5 Å². The van der Waals surface area contributed by atoms with Gasteiger partial charge < -0.3 is 14.2 Å². The van der Waals surface area contributed by atoms with E-state index < -0.39 is 15.3 Å².